The minimum Gasteiger partial charge on any atom is -0.392 e. The molecule has 2 aromatic rings. The molecule has 0 radical (unpaired) electrons. The molecule has 1 aromatic carbocycles. The van der Waals surface area contributed by atoms with Gasteiger partial charge in [-0.15, -0.1) is 11.8 Å². The molecule has 3 nitrogen and oxygen atoms in total. The van der Waals surface area contributed by atoms with E-state index in [9.17, 15) is 5.11 Å². The van der Waals surface area contributed by atoms with E-state index in [-0.39, 0.29) is 6.10 Å². The zero-order chi connectivity index (χ0) is 13.7. The van der Waals surface area contributed by atoms with E-state index in [1.54, 1.807) is 16.4 Å². The SMILES string of the molecule is Cc1ccccc1SCC(O)CCc1cnn(C)c1. The minimum atomic E-state index is -0.273. The molecule has 0 aliphatic rings. The highest BCUT2D eigenvalue weighted by Gasteiger charge is 2.07. The Morgan fingerprint density at radius 1 is 1.37 bits per heavy atom. The highest BCUT2D eigenvalue weighted by molar-refractivity contribution is 7.99. The molecule has 0 fully saturated rings. The first-order valence-electron chi connectivity index (χ1n) is 6.49. The summed E-state index contributed by atoms with van der Waals surface area (Å²) >= 11 is 1.72. The molecule has 1 aromatic heterocycles. The zero-order valence-corrected chi connectivity index (χ0v) is 12.2. The van der Waals surface area contributed by atoms with Gasteiger partial charge in [-0.3, -0.25) is 4.68 Å². The van der Waals surface area contributed by atoms with E-state index in [1.165, 1.54) is 16.0 Å². The van der Waals surface area contributed by atoms with Gasteiger partial charge in [-0.25, -0.2) is 0 Å². The minimum absolute atomic E-state index is 0.273. The van der Waals surface area contributed by atoms with Crippen LogP contribution >= 0.6 is 11.8 Å². The van der Waals surface area contributed by atoms with E-state index < -0.39 is 0 Å². The largest absolute Gasteiger partial charge is 0.392 e. The molecule has 0 amide bonds. The van der Waals surface area contributed by atoms with Crippen LogP contribution in [0.3, 0.4) is 0 Å². The van der Waals surface area contributed by atoms with Crippen molar-refractivity contribution in [1.29, 1.82) is 0 Å². The number of aliphatic hydroxyl groups excluding tert-OH is 1. The molecule has 19 heavy (non-hydrogen) atoms. The van der Waals surface area contributed by atoms with Gasteiger partial charge in [-0.1, -0.05) is 18.2 Å². The maximum absolute atomic E-state index is 10.0. The van der Waals surface area contributed by atoms with Crippen LogP contribution in [-0.4, -0.2) is 26.7 Å². The van der Waals surface area contributed by atoms with Crippen LogP contribution in [0.1, 0.15) is 17.5 Å². The maximum Gasteiger partial charge on any atom is 0.0637 e. The third kappa shape index (κ3) is 4.40. The third-order valence-corrected chi connectivity index (χ3v) is 4.37. The van der Waals surface area contributed by atoms with Gasteiger partial charge in [0, 0.05) is 23.9 Å². The van der Waals surface area contributed by atoms with Crippen LogP contribution in [0.4, 0.5) is 0 Å². The Hall–Kier alpha value is -1.26. The lowest BCUT2D eigenvalue weighted by molar-refractivity contribution is 0.189. The molecule has 1 N–H and O–H groups in total. The summed E-state index contributed by atoms with van der Waals surface area (Å²) in [7, 11) is 1.91. The van der Waals surface area contributed by atoms with Gasteiger partial charge in [-0.05, 0) is 37.0 Å². The van der Waals surface area contributed by atoms with Gasteiger partial charge in [0.05, 0.1) is 12.3 Å². The second-order valence-corrected chi connectivity index (χ2v) is 5.85. The average Bonchev–Trinajstić information content (AvgIpc) is 2.81. The molecular formula is C15H20N2OS. The summed E-state index contributed by atoms with van der Waals surface area (Å²) < 4.78 is 1.80. The molecular weight excluding hydrogens is 256 g/mol. The van der Waals surface area contributed by atoms with Crippen LogP contribution in [0, 0.1) is 6.92 Å². The number of thioether (sulfide) groups is 1. The summed E-state index contributed by atoms with van der Waals surface area (Å²) in [6.07, 6.45) is 5.25. The van der Waals surface area contributed by atoms with Crippen molar-refractivity contribution in [3.63, 3.8) is 0 Å². The highest BCUT2D eigenvalue weighted by Crippen LogP contribution is 2.23. The van der Waals surface area contributed by atoms with Crippen molar-refractivity contribution < 1.29 is 5.11 Å². The number of hydrogen-bond acceptors (Lipinski definition) is 3. The van der Waals surface area contributed by atoms with Gasteiger partial charge in [0.15, 0.2) is 0 Å². The standard InChI is InChI=1S/C15H20N2OS/c1-12-5-3-4-6-15(12)19-11-14(18)8-7-13-9-16-17(2)10-13/h3-6,9-10,14,18H,7-8,11H2,1-2H3. The summed E-state index contributed by atoms with van der Waals surface area (Å²) in [6.45, 7) is 2.10. The Labute approximate surface area is 118 Å². The maximum atomic E-state index is 10.0. The van der Waals surface area contributed by atoms with Crippen molar-refractivity contribution in [1.82, 2.24) is 9.78 Å². The van der Waals surface area contributed by atoms with Crippen LogP contribution in [-0.2, 0) is 13.5 Å². The number of nitrogens with zero attached hydrogens (tertiary/aromatic N) is 2. The fourth-order valence-electron chi connectivity index (χ4n) is 1.92. The van der Waals surface area contributed by atoms with Crippen LogP contribution in [0.15, 0.2) is 41.6 Å². The van der Waals surface area contributed by atoms with Crippen LogP contribution < -0.4 is 0 Å². The predicted molar refractivity (Wildman–Crippen MR) is 79.4 cm³/mol. The van der Waals surface area contributed by atoms with Gasteiger partial charge in [0.25, 0.3) is 0 Å². The number of aryl methyl sites for hydroxylation is 3. The summed E-state index contributed by atoms with van der Waals surface area (Å²) in [4.78, 5) is 1.25. The van der Waals surface area contributed by atoms with E-state index >= 15 is 0 Å². The average molecular weight is 276 g/mol. The molecule has 4 heteroatoms. The molecule has 1 atom stereocenters. The second kappa shape index (κ2) is 6.78. The van der Waals surface area contributed by atoms with E-state index in [1.807, 2.05) is 31.6 Å². The van der Waals surface area contributed by atoms with E-state index in [0.717, 1.165) is 18.6 Å². The van der Waals surface area contributed by atoms with Crippen molar-refractivity contribution in [2.45, 2.75) is 30.8 Å². The van der Waals surface area contributed by atoms with Gasteiger partial charge < -0.3 is 5.11 Å². The molecule has 0 bridgehead atoms. The van der Waals surface area contributed by atoms with Crippen molar-refractivity contribution in [2.24, 2.45) is 7.05 Å². The first-order valence-corrected chi connectivity index (χ1v) is 7.47. The molecule has 1 heterocycles. The van der Waals surface area contributed by atoms with Crippen molar-refractivity contribution in [2.75, 3.05) is 5.75 Å². The van der Waals surface area contributed by atoms with Gasteiger partial charge >= 0.3 is 0 Å². The van der Waals surface area contributed by atoms with Crippen LogP contribution in [0.5, 0.6) is 0 Å². The Bertz CT molecular complexity index is 524. The van der Waals surface area contributed by atoms with Gasteiger partial charge in [0.1, 0.15) is 0 Å². The summed E-state index contributed by atoms with van der Waals surface area (Å²) in [5.41, 5.74) is 2.45. The Balaban J connectivity index is 1.76. The monoisotopic (exact) mass is 276 g/mol. The molecule has 0 aliphatic heterocycles. The van der Waals surface area contributed by atoms with Crippen molar-refractivity contribution >= 4 is 11.8 Å². The summed E-state index contributed by atoms with van der Waals surface area (Å²) in [5.74, 6) is 0.741. The molecule has 0 saturated heterocycles. The molecule has 0 aliphatic carbocycles. The third-order valence-electron chi connectivity index (χ3n) is 3.05. The second-order valence-electron chi connectivity index (χ2n) is 4.79. The Kier molecular flexibility index (Phi) is 5.05. The number of aliphatic hydroxyl groups is 1. The first-order chi connectivity index (χ1) is 9.15. The van der Waals surface area contributed by atoms with Crippen molar-refractivity contribution in [3.8, 4) is 0 Å². The van der Waals surface area contributed by atoms with E-state index in [4.69, 9.17) is 0 Å². The first kappa shape index (κ1) is 14.2. The van der Waals surface area contributed by atoms with Gasteiger partial charge in [-0.2, -0.15) is 5.10 Å². The molecule has 0 saturated carbocycles. The quantitative estimate of drug-likeness (QED) is 0.825. The lowest BCUT2D eigenvalue weighted by atomic mass is 10.1. The predicted octanol–water partition coefficient (Wildman–Crippen LogP) is 2.81. The van der Waals surface area contributed by atoms with Crippen LogP contribution in [0.25, 0.3) is 0 Å². The Morgan fingerprint density at radius 3 is 2.84 bits per heavy atom. The fourth-order valence-corrected chi connectivity index (χ4v) is 2.93. The fraction of sp³-hybridized carbons (Fsp3) is 0.400. The van der Waals surface area contributed by atoms with Crippen molar-refractivity contribution in [3.05, 3.63) is 47.8 Å². The smallest absolute Gasteiger partial charge is 0.0637 e. The Morgan fingerprint density at radius 2 is 2.16 bits per heavy atom. The van der Waals surface area contributed by atoms with E-state index in [0.29, 0.717) is 0 Å². The molecule has 0 spiro atoms. The number of aromatic nitrogens is 2. The zero-order valence-electron chi connectivity index (χ0n) is 11.4. The van der Waals surface area contributed by atoms with Gasteiger partial charge in [0.2, 0.25) is 0 Å². The summed E-state index contributed by atoms with van der Waals surface area (Å²) in [6, 6.07) is 8.29. The van der Waals surface area contributed by atoms with E-state index in [2.05, 4.69) is 24.2 Å². The number of rotatable bonds is 6. The normalized spacial score (nSPS) is 12.6. The number of hydrogen-bond donors (Lipinski definition) is 1. The van der Waals surface area contributed by atoms with Crippen LogP contribution in [0.2, 0.25) is 0 Å². The topological polar surface area (TPSA) is 38.1 Å². The molecule has 102 valence electrons. The number of benzene rings is 1. The highest BCUT2D eigenvalue weighted by atomic mass is 32.2. The lowest BCUT2D eigenvalue weighted by Crippen LogP contribution is -2.11. The molecule has 2 rings (SSSR count). The summed E-state index contributed by atoms with van der Waals surface area (Å²) in [5, 5.41) is 14.2. The molecule has 1 unspecified atom stereocenters. The lowest BCUT2D eigenvalue weighted by Gasteiger charge is -2.10.